The fourth-order valence-electron chi connectivity index (χ4n) is 2.06. The highest BCUT2D eigenvalue weighted by Gasteiger charge is 2.21. The van der Waals surface area contributed by atoms with Gasteiger partial charge < -0.3 is 15.4 Å². The second-order valence-corrected chi connectivity index (χ2v) is 8.70. The predicted octanol–water partition coefficient (Wildman–Crippen LogP) is 2.34. The third-order valence-corrected chi connectivity index (χ3v) is 4.54. The maximum Gasteiger partial charge on any atom is 0.262 e. The van der Waals surface area contributed by atoms with Crippen LogP contribution in [0.25, 0.3) is 0 Å². The summed E-state index contributed by atoms with van der Waals surface area (Å²) < 4.78 is 27.9. The number of sulfonamides is 1. The van der Waals surface area contributed by atoms with Gasteiger partial charge in [-0.3, -0.25) is 9.59 Å². The monoisotopic (exact) mass is 405 g/mol. The summed E-state index contributed by atoms with van der Waals surface area (Å²) in [5.41, 5.74) is 0.443. The van der Waals surface area contributed by atoms with Gasteiger partial charge in [-0.2, -0.15) is 0 Å². The number of nitrogens with two attached hydrogens (primary N) is 1. The first-order valence-corrected chi connectivity index (χ1v) is 9.97. The number of carbonyl (C=O) groups excluding carboxylic acids is 2. The molecule has 0 fully saturated rings. The Labute approximate surface area is 164 Å². The van der Waals surface area contributed by atoms with Crippen molar-refractivity contribution in [1.82, 2.24) is 0 Å². The highest BCUT2D eigenvalue weighted by molar-refractivity contribution is 7.89. The van der Waals surface area contributed by atoms with Gasteiger partial charge >= 0.3 is 0 Å². The van der Waals surface area contributed by atoms with Crippen molar-refractivity contribution in [2.45, 2.75) is 25.7 Å². The normalized spacial score (nSPS) is 11.6. The van der Waals surface area contributed by atoms with Crippen LogP contribution in [0.1, 0.15) is 20.8 Å². The molecule has 8 nitrogen and oxygen atoms in total. The molecule has 0 aliphatic carbocycles. The number of anilines is 2. The van der Waals surface area contributed by atoms with Gasteiger partial charge in [-0.1, -0.05) is 26.8 Å². The Hall–Kier alpha value is -2.91. The van der Waals surface area contributed by atoms with E-state index in [4.69, 9.17) is 9.88 Å². The number of rotatable bonds is 6. The van der Waals surface area contributed by atoms with Crippen molar-refractivity contribution in [2.75, 3.05) is 17.2 Å². The van der Waals surface area contributed by atoms with Crippen LogP contribution in [0, 0.1) is 5.41 Å². The molecule has 28 heavy (non-hydrogen) atoms. The molecule has 0 saturated heterocycles. The SMILES string of the molecule is CC(C)(C)C(=O)Nc1cccc(OCC(=O)Nc2ccc(S(N)(=O)=O)cc2)c1. The molecule has 150 valence electrons. The molecule has 0 aliphatic heterocycles. The quantitative estimate of drug-likeness (QED) is 0.680. The summed E-state index contributed by atoms with van der Waals surface area (Å²) in [6, 6.07) is 12.2. The molecule has 2 aromatic carbocycles. The van der Waals surface area contributed by atoms with Crippen molar-refractivity contribution >= 4 is 33.2 Å². The molecule has 0 aromatic heterocycles. The number of carbonyl (C=O) groups is 2. The molecule has 0 unspecified atom stereocenters. The fourth-order valence-corrected chi connectivity index (χ4v) is 2.57. The van der Waals surface area contributed by atoms with Crippen LogP contribution in [-0.4, -0.2) is 26.8 Å². The van der Waals surface area contributed by atoms with Crippen LogP contribution in [-0.2, 0) is 19.6 Å². The van der Waals surface area contributed by atoms with E-state index < -0.39 is 21.3 Å². The molecule has 9 heteroatoms. The second kappa shape index (κ2) is 8.41. The Balaban J connectivity index is 1.92. The van der Waals surface area contributed by atoms with Gasteiger partial charge in [-0.05, 0) is 36.4 Å². The molecular weight excluding hydrogens is 382 g/mol. The summed E-state index contributed by atoms with van der Waals surface area (Å²) in [6.07, 6.45) is 0. The average molecular weight is 405 g/mol. The van der Waals surface area contributed by atoms with Gasteiger partial charge in [0, 0.05) is 22.9 Å². The minimum Gasteiger partial charge on any atom is -0.484 e. The van der Waals surface area contributed by atoms with Gasteiger partial charge in [-0.25, -0.2) is 13.6 Å². The van der Waals surface area contributed by atoms with Crippen LogP contribution in [0.3, 0.4) is 0 Å². The van der Waals surface area contributed by atoms with Crippen molar-refractivity contribution in [3.8, 4) is 5.75 Å². The Kier molecular flexibility index (Phi) is 6.42. The van der Waals surface area contributed by atoms with Gasteiger partial charge in [0.25, 0.3) is 5.91 Å². The molecule has 0 heterocycles. The molecule has 0 aliphatic rings. The lowest BCUT2D eigenvalue weighted by Gasteiger charge is -2.18. The zero-order valence-electron chi connectivity index (χ0n) is 15.9. The first-order chi connectivity index (χ1) is 12.9. The Bertz CT molecular complexity index is 964. The van der Waals surface area contributed by atoms with E-state index in [0.29, 0.717) is 17.1 Å². The summed E-state index contributed by atoms with van der Waals surface area (Å²) in [6.45, 7) is 5.17. The van der Waals surface area contributed by atoms with E-state index in [-0.39, 0.29) is 17.4 Å². The van der Waals surface area contributed by atoms with E-state index in [1.165, 1.54) is 24.3 Å². The van der Waals surface area contributed by atoms with E-state index in [2.05, 4.69) is 10.6 Å². The lowest BCUT2D eigenvalue weighted by Crippen LogP contribution is -2.27. The van der Waals surface area contributed by atoms with E-state index >= 15 is 0 Å². The maximum atomic E-state index is 12.0. The molecule has 0 atom stereocenters. The van der Waals surface area contributed by atoms with Gasteiger partial charge in [0.1, 0.15) is 5.75 Å². The molecule has 0 saturated carbocycles. The molecular formula is C19H23N3O5S. The van der Waals surface area contributed by atoms with Gasteiger partial charge in [0.15, 0.2) is 6.61 Å². The van der Waals surface area contributed by atoms with E-state index in [0.717, 1.165) is 0 Å². The molecule has 2 aromatic rings. The van der Waals surface area contributed by atoms with Crippen molar-refractivity contribution < 1.29 is 22.7 Å². The lowest BCUT2D eigenvalue weighted by molar-refractivity contribution is -0.123. The summed E-state index contributed by atoms with van der Waals surface area (Å²) in [5, 5.41) is 10.4. The molecule has 2 amide bonds. The smallest absolute Gasteiger partial charge is 0.262 e. The number of benzene rings is 2. The standard InChI is InChI=1S/C19H23N3O5S/c1-19(2,3)18(24)22-14-5-4-6-15(11-14)27-12-17(23)21-13-7-9-16(10-8-13)28(20,25)26/h4-11H,12H2,1-3H3,(H,21,23)(H,22,24)(H2,20,25,26). The Morgan fingerprint density at radius 1 is 1.00 bits per heavy atom. The minimum atomic E-state index is -3.78. The first-order valence-electron chi connectivity index (χ1n) is 8.42. The van der Waals surface area contributed by atoms with Gasteiger partial charge in [0.2, 0.25) is 15.9 Å². The number of ether oxygens (including phenoxy) is 1. The summed E-state index contributed by atoms with van der Waals surface area (Å²) in [4.78, 5) is 24.0. The predicted molar refractivity (Wildman–Crippen MR) is 106 cm³/mol. The van der Waals surface area contributed by atoms with Crippen LogP contribution >= 0.6 is 0 Å². The number of primary sulfonamides is 1. The first kappa shape index (κ1) is 21.4. The molecule has 4 N–H and O–H groups in total. The maximum absolute atomic E-state index is 12.0. The molecule has 0 spiro atoms. The van der Waals surface area contributed by atoms with Crippen molar-refractivity contribution in [3.05, 3.63) is 48.5 Å². The topological polar surface area (TPSA) is 128 Å². The number of amides is 2. The molecule has 2 rings (SSSR count). The summed E-state index contributed by atoms with van der Waals surface area (Å²) in [5.74, 6) is -0.135. The zero-order valence-corrected chi connectivity index (χ0v) is 16.7. The highest BCUT2D eigenvalue weighted by atomic mass is 32.2. The van der Waals surface area contributed by atoms with Crippen LogP contribution in [0.15, 0.2) is 53.4 Å². The molecule has 0 bridgehead atoms. The third kappa shape index (κ3) is 6.36. The summed E-state index contributed by atoms with van der Waals surface area (Å²) >= 11 is 0. The zero-order chi connectivity index (χ0) is 20.9. The Morgan fingerprint density at radius 3 is 2.21 bits per heavy atom. The summed E-state index contributed by atoms with van der Waals surface area (Å²) in [7, 11) is -3.78. The van der Waals surface area contributed by atoms with Crippen LogP contribution < -0.4 is 20.5 Å². The Morgan fingerprint density at radius 2 is 1.64 bits per heavy atom. The van der Waals surface area contributed by atoms with Crippen molar-refractivity contribution in [3.63, 3.8) is 0 Å². The van der Waals surface area contributed by atoms with Crippen LogP contribution in [0.4, 0.5) is 11.4 Å². The second-order valence-electron chi connectivity index (χ2n) is 7.14. The van der Waals surface area contributed by atoms with Crippen molar-refractivity contribution in [2.24, 2.45) is 10.6 Å². The number of hydrogen-bond donors (Lipinski definition) is 3. The minimum absolute atomic E-state index is 0.0455. The number of nitrogens with one attached hydrogen (secondary N) is 2. The van der Waals surface area contributed by atoms with E-state index in [1.807, 2.05) is 20.8 Å². The van der Waals surface area contributed by atoms with Gasteiger partial charge in [-0.15, -0.1) is 0 Å². The average Bonchev–Trinajstić information content (AvgIpc) is 2.59. The third-order valence-electron chi connectivity index (χ3n) is 3.61. The highest BCUT2D eigenvalue weighted by Crippen LogP contribution is 2.21. The van der Waals surface area contributed by atoms with Crippen LogP contribution in [0.2, 0.25) is 0 Å². The molecule has 0 radical (unpaired) electrons. The van der Waals surface area contributed by atoms with E-state index in [9.17, 15) is 18.0 Å². The van der Waals surface area contributed by atoms with Crippen LogP contribution in [0.5, 0.6) is 5.75 Å². The number of hydrogen-bond acceptors (Lipinski definition) is 5. The van der Waals surface area contributed by atoms with Crippen molar-refractivity contribution in [1.29, 1.82) is 0 Å². The lowest BCUT2D eigenvalue weighted by atomic mass is 9.95. The van der Waals surface area contributed by atoms with E-state index in [1.54, 1.807) is 24.3 Å². The fraction of sp³-hybridized carbons (Fsp3) is 0.263. The van der Waals surface area contributed by atoms with Gasteiger partial charge in [0.05, 0.1) is 4.90 Å². The largest absolute Gasteiger partial charge is 0.484 e.